The number of carbonyl (C=O) groups is 2. The van der Waals surface area contributed by atoms with Crippen LogP contribution in [0.4, 0.5) is 0 Å². The van der Waals surface area contributed by atoms with Gasteiger partial charge in [-0.1, -0.05) is 23.7 Å². The van der Waals surface area contributed by atoms with Gasteiger partial charge in [0, 0.05) is 5.02 Å². The molecule has 1 unspecified atom stereocenters. The van der Waals surface area contributed by atoms with E-state index in [-0.39, 0.29) is 5.56 Å². The molecule has 8 nitrogen and oxygen atoms in total. The average Bonchev–Trinajstić information content (AvgIpc) is 2.46. The normalized spacial score (nSPS) is 11.6. The second-order valence-electron chi connectivity index (χ2n) is 3.83. The van der Waals surface area contributed by atoms with Gasteiger partial charge in [0.05, 0.1) is 14.2 Å². The lowest BCUT2D eigenvalue weighted by Gasteiger charge is -2.21. The van der Waals surface area contributed by atoms with Crippen molar-refractivity contribution >= 4 is 23.5 Å². The first-order valence-electron chi connectivity index (χ1n) is 5.63. The topological polar surface area (TPSA) is 105 Å². The van der Waals surface area contributed by atoms with Crippen molar-refractivity contribution in [3.8, 4) is 0 Å². The molecule has 9 heteroatoms. The van der Waals surface area contributed by atoms with Gasteiger partial charge in [0.15, 0.2) is 12.0 Å². The lowest BCUT2D eigenvalue weighted by Crippen LogP contribution is -2.34. The minimum Gasteiger partial charge on any atom is -0.468 e. The molecule has 1 rings (SSSR count). The zero-order valence-corrected chi connectivity index (χ0v) is 11.9. The van der Waals surface area contributed by atoms with Crippen LogP contribution in [0.15, 0.2) is 24.3 Å². The first kappa shape index (κ1) is 16.7. The Hall–Kier alpha value is -2.35. The number of hydrogen-bond acceptors (Lipinski definition) is 7. The molecule has 1 aromatic carbocycles. The third-order valence-corrected chi connectivity index (χ3v) is 2.86. The Morgan fingerprint density at radius 2 is 1.62 bits per heavy atom. The molecule has 1 atom stereocenters. The highest BCUT2D eigenvalue weighted by molar-refractivity contribution is 6.30. The highest BCUT2D eigenvalue weighted by atomic mass is 35.5. The van der Waals surface area contributed by atoms with E-state index < -0.39 is 29.0 Å². The van der Waals surface area contributed by atoms with E-state index in [1.54, 1.807) is 0 Å². The van der Waals surface area contributed by atoms with Crippen molar-refractivity contribution in [1.82, 2.24) is 0 Å². The molecule has 1 aromatic rings. The zero-order chi connectivity index (χ0) is 16.0. The molecule has 0 spiro atoms. The number of ether oxygens (including phenoxy) is 2. The number of carbonyl (C=O) groups excluding carboxylic acids is 2. The lowest BCUT2D eigenvalue weighted by molar-refractivity contribution is -0.772. The second kappa shape index (κ2) is 7.44. The predicted molar refractivity (Wildman–Crippen MR) is 69.8 cm³/mol. The van der Waals surface area contributed by atoms with Gasteiger partial charge in [0.2, 0.25) is 0 Å². The zero-order valence-electron chi connectivity index (χ0n) is 11.1. The van der Waals surface area contributed by atoms with Gasteiger partial charge in [-0.2, -0.15) is 0 Å². The number of methoxy groups -OCH3 is 2. The van der Waals surface area contributed by atoms with Crippen LogP contribution >= 0.6 is 11.6 Å². The summed E-state index contributed by atoms with van der Waals surface area (Å²) in [6.45, 7) is 0. The highest BCUT2D eigenvalue weighted by Gasteiger charge is 2.40. The second-order valence-corrected chi connectivity index (χ2v) is 4.26. The fourth-order valence-electron chi connectivity index (χ4n) is 1.66. The van der Waals surface area contributed by atoms with Crippen LogP contribution in [-0.4, -0.2) is 31.2 Å². The van der Waals surface area contributed by atoms with Gasteiger partial charge < -0.3 is 14.3 Å². The SMILES string of the molecule is COC(=O)C(C(=O)OC)C(O[N+](=O)[O-])c1ccc(Cl)cc1. The van der Waals surface area contributed by atoms with Crippen LogP contribution in [0.5, 0.6) is 0 Å². The van der Waals surface area contributed by atoms with E-state index in [1.807, 2.05) is 0 Å². The summed E-state index contributed by atoms with van der Waals surface area (Å²) in [4.78, 5) is 38.5. The van der Waals surface area contributed by atoms with Crippen molar-refractivity contribution in [2.75, 3.05) is 14.2 Å². The third-order valence-electron chi connectivity index (χ3n) is 2.61. The third kappa shape index (κ3) is 4.32. The van der Waals surface area contributed by atoms with Crippen LogP contribution in [0.25, 0.3) is 0 Å². The van der Waals surface area contributed by atoms with E-state index in [2.05, 4.69) is 14.3 Å². The summed E-state index contributed by atoms with van der Waals surface area (Å²) in [6, 6.07) is 5.68. The van der Waals surface area contributed by atoms with E-state index in [4.69, 9.17) is 11.6 Å². The Kier molecular flexibility index (Phi) is 5.92. The van der Waals surface area contributed by atoms with Crippen molar-refractivity contribution in [2.24, 2.45) is 5.92 Å². The molecule has 0 saturated heterocycles. The van der Waals surface area contributed by atoms with Gasteiger partial charge in [-0.05, 0) is 17.7 Å². The summed E-state index contributed by atoms with van der Waals surface area (Å²) in [7, 11) is 2.09. The molecule has 0 aliphatic carbocycles. The van der Waals surface area contributed by atoms with Gasteiger partial charge in [-0.3, -0.25) is 9.59 Å². The number of nitrogens with zero attached hydrogens (tertiary/aromatic N) is 1. The van der Waals surface area contributed by atoms with Crippen LogP contribution in [-0.2, 0) is 23.9 Å². The maximum absolute atomic E-state index is 11.7. The lowest BCUT2D eigenvalue weighted by atomic mass is 9.95. The fraction of sp³-hybridized carbons (Fsp3) is 0.333. The Balaban J connectivity index is 3.25. The van der Waals surface area contributed by atoms with E-state index in [9.17, 15) is 19.7 Å². The Bertz CT molecular complexity index is 515. The van der Waals surface area contributed by atoms with Crippen LogP contribution in [0, 0.1) is 16.0 Å². The van der Waals surface area contributed by atoms with Crippen molar-refractivity contribution < 1.29 is 29.0 Å². The van der Waals surface area contributed by atoms with E-state index >= 15 is 0 Å². The number of benzene rings is 1. The molecular weight excluding hydrogens is 306 g/mol. The molecule has 0 aliphatic rings. The Morgan fingerprint density at radius 1 is 1.14 bits per heavy atom. The molecule has 0 fully saturated rings. The summed E-state index contributed by atoms with van der Waals surface area (Å²) in [5.74, 6) is -3.65. The molecule has 0 saturated carbocycles. The maximum atomic E-state index is 11.7. The minimum absolute atomic E-state index is 0.205. The van der Waals surface area contributed by atoms with Gasteiger partial charge in [0.25, 0.3) is 5.09 Å². The number of esters is 2. The van der Waals surface area contributed by atoms with Gasteiger partial charge in [-0.15, -0.1) is 10.1 Å². The first-order valence-corrected chi connectivity index (χ1v) is 6.00. The summed E-state index contributed by atoms with van der Waals surface area (Å²) in [6.07, 6.45) is -1.50. The van der Waals surface area contributed by atoms with Crippen LogP contribution in [0.1, 0.15) is 11.7 Å². The number of rotatable bonds is 6. The van der Waals surface area contributed by atoms with E-state index in [0.29, 0.717) is 5.02 Å². The fourth-order valence-corrected chi connectivity index (χ4v) is 1.78. The maximum Gasteiger partial charge on any atom is 0.322 e. The van der Waals surface area contributed by atoms with E-state index in [0.717, 1.165) is 14.2 Å². The Labute approximate surface area is 124 Å². The molecule has 0 amide bonds. The van der Waals surface area contributed by atoms with Crippen molar-refractivity contribution in [3.63, 3.8) is 0 Å². The summed E-state index contributed by atoms with van der Waals surface area (Å²) < 4.78 is 8.95. The largest absolute Gasteiger partial charge is 0.468 e. The van der Waals surface area contributed by atoms with Crippen molar-refractivity contribution in [3.05, 3.63) is 45.0 Å². The number of halogens is 1. The molecule has 0 N–H and O–H groups in total. The van der Waals surface area contributed by atoms with Gasteiger partial charge >= 0.3 is 11.9 Å². The predicted octanol–water partition coefficient (Wildman–Crippen LogP) is 1.55. The molecule has 0 heterocycles. The monoisotopic (exact) mass is 317 g/mol. The molecule has 0 radical (unpaired) electrons. The minimum atomic E-state index is -1.63. The smallest absolute Gasteiger partial charge is 0.322 e. The van der Waals surface area contributed by atoms with Crippen LogP contribution in [0.2, 0.25) is 5.02 Å². The molecule has 0 aromatic heterocycles. The molecule has 21 heavy (non-hydrogen) atoms. The number of hydrogen-bond donors (Lipinski definition) is 0. The standard InChI is InChI=1S/C12H12ClNO7/c1-19-11(15)9(12(16)20-2)10(21-14(17)18)7-3-5-8(13)6-4-7/h3-6,9-10H,1-2H3. The summed E-state index contributed by atoms with van der Waals surface area (Å²) in [5, 5.41) is 9.91. The molecular formula is C12H12ClNO7. The highest BCUT2D eigenvalue weighted by Crippen LogP contribution is 2.29. The average molecular weight is 318 g/mol. The van der Waals surface area contributed by atoms with Crippen LogP contribution in [0.3, 0.4) is 0 Å². The van der Waals surface area contributed by atoms with Gasteiger partial charge in [0.1, 0.15) is 0 Å². The summed E-state index contributed by atoms with van der Waals surface area (Å²) in [5.41, 5.74) is 0.205. The molecule has 0 aliphatic heterocycles. The first-order chi connectivity index (χ1) is 9.90. The van der Waals surface area contributed by atoms with Crippen molar-refractivity contribution in [2.45, 2.75) is 6.10 Å². The molecule has 0 bridgehead atoms. The van der Waals surface area contributed by atoms with Gasteiger partial charge in [-0.25, -0.2) is 0 Å². The van der Waals surface area contributed by atoms with Crippen molar-refractivity contribution in [1.29, 1.82) is 0 Å². The summed E-state index contributed by atoms with van der Waals surface area (Å²) >= 11 is 5.72. The quantitative estimate of drug-likeness (QED) is 0.339. The molecule has 114 valence electrons. The Morgan fingerprint density at radius 3 is 2.00 bits per heavy atom. The van der Waals surface area contributed by atoms with Crippen LogP contribution < -0.4 is 0 Å². The van der Waals surface area contributed by atoms with E-state index in [1.165, 1.54) is 24.3 Å².